The van der Waals surface area contributed by atoms with E-state index in [4.69, 9.17) is 0 Å². The maximum absolute atomic E-state index is 12.4. The van der Waals surface area contributed by atoms with Crippen LogP contribution in [0.15, 0.2) is 36.4 Å². The van der Waals surface area contributed by atoms with Crippen LogP contribution in [0.4, 0.5) is 5.69 Å². The number of carbonyl (C=O) groups is 2. The lowest BCUT2D eigenvalue weighted by Gasteiger charge is -2.23. The van der Waals surface area contributed by atoms with Gasteiger partial charge in [-0.05, 0) is 37.3 Å². The van der Waals surface area contributed by atoms with Gasteiger partial charge in [-0.25, -0.2) is 0 Å². The Hall–Kier alpha value is -2.10. The molecule has 2 aliphatic rings. The van der Waals surface area contributed by atoms with E-state index in [1.807, 2.05) is 43.3 Å². The average molecular weight is 271 g/mol. The summed E-state index contributed by atoms with van der Waals surface area (Å²) >= 11 is 0. The van der Waals surface area contributed by atoms with Crippen LogP contribution in [0.1, 0.15) is 12.0 Å². The van der Waals surface area contributed by atoms with Crippen LogP contribution in [0.5, 0.6) is 0 Å². The summed E-state index contributed by atoms with van der Waals surface area (Å²) in [5, 5.41) is 12.2. The topological polar surface area (TPSA) is 66.4 Å². The third kappa shape index (κ3) is 2.11. The van der Waals surface area contributed by atoms with Gasteiger partial charge in [-0.15, -0.1) is 0 Å². The number of fused-ring (bicyclic) bond motifs is 2. The van der Waals surface area contributed by atoms with Crippen LogP contribution < -0.4 is 5.32 Å². The van der Waals surface area contributed by atoms with Crippen LogP contribution in [-0.4, -0.2) is 17.0 Å². The highest BCUT2D eigenvalue weighted by Crippen LogP contribution is 2.48. The molecule has 0 spiro atoms. The first-order valence-electron chi connectivity index (χ1n) is 6.85. The molecule has 1 saturated carbocycles. The number of rotatable bonds is 3. The van der Waals surface area contributed by atoms with Gasteiger partial charge in [-0.3, -0.25) is 9.59 Å². The zero-order valence-electron chi connectivity index (χ0n) is 11.2. The van der Waals surface area contributed by atoms with Gasteiger partial charge in [0.05, 0.1) is 11.8 Å². The van der Waals surface area contributed by atoms with E-state index < -0.39 is 17.8 Å². The van der Waals surface area contributed by atoms with Gasteiger partial charge in [0.15, 0.2) is 0 Å². The fraction of sp³-hybridized carbons (Fsp3) is 0.375. The molecule has 2 aliphatic carbocycles. The van der Waals surface area contributed by atoms with E-state index in [0.29, 0.717) is 0 Å². The number of hydrogen-bond acceptors (Lipinski definition) is 2. The van der Waals surface area contributed by atoms with Crippen molar-refractivity contribution >= 4 is 17.6 Å². The normalized spacial score (nSPS) is 30.4. The van der Waals surface area contributed by atoms with Crippen molar-refractivity contribution < 1.29 is 14.7 Å². The fourth-order valence-corrected chi connectivity index (χ4v) is 3.38. The molecule has 0 heterocycles. The number of carboxylic acids is 1. The summed E-state index contributed by atoms with van der Waals surface area (Å²) in [6.45, 7) is 1.98. The first kappa shape index (κ1) is 12.9. The van der Waals surface area contributed by atoms with E-state index in [1.165, 1.54) is 0 Å². The van der Waals surface area contributed by atoms with Gasteiger partial charge >= 0.3 is 5.97 Å². The van der Waals surface area contributed by atoms with E-state index in [9.17, 15) is 14.7 Å². The minimum Gasteiger partial charge on any atom is -0.481 e. The van der Waals surface area contributed by atoms with Gasteiger partial charge in [0.2, 0.25) is 5.91 Å². The summed E-state index contributed by atoms with van der Waals surface area (Å²) < 4.78 is 0. The van der Waals surface area contributed by atoms with Crippen LogP contribution in [0.3, 0.4) is 0 Å². The fourth-order valence-electron chi connectivity index (χ4n) is 3.38. The number of aryl methyl sites for hydroxylation is 1. The van der Waals surface area contributed by atoms with Gasteiger partial charge < -0.3 is 10.4 Å². The van der Waals surface area contributed by atoms with Crippen molar-refractivity contribution in [2.45, 2.75) is 13.3 Å². The molecule has 1 aromatic rings. The molecule has 4 atom stereocenters. The first-order valence-corrected chi connectivity index (χ1v) is 6.85. The lowest BCUT2D eigenvalue weighted by atomic mass is 9.82. The van der Waals surface area contributed by atoms with Gasteiger partial charge in [-0.1, -0.05) is 29.8 Å². The van der Waals surface area contributed by atoms with Crippen molar-refractivity contribution in [3.8, 4) is 0 Å². The number of amides is 1. The van der Waals surface area contributed by atoms with Crippen molar-refractivity contribution in [3.63, 3.8) is 0 Å². The molecule has 1 aromatic carbocycles. The van der Waals surface area contributed by atoms with E-state index in [0.717, 1.165) is 17.7 Å². The molecule has 104 valence electrons. The molecule has 3 rings (SSSR count). The molecule has 4 nitrogen and oxygen atoms in total. The summed E-state index contributed by atoms with van der Waals surface area (Å²) in [5.74, 6) is -2.03. The number of anilines is 1. The predicted molar refractivity (Wildman–Crippen MR) is 75.2 cm³/mol. The van der Waals surface area contributed by atoms with E-state index in [1.54, 1.807) is 0 Å². The number of allylic oxidation sites excluding steroid dienone is 2. The number of aliphatic carboxylic acids is 1. The number of carbonyl (C=O) groups excluding carboxylic acids is 1. The maximum Gasteiger partial charge on any atom is 0.307 e. The smallest absolute Gasteiger partial charge is 0.307 e. The Bertz CT molecular complexity index is 576. The molecule has 0 unspecified atom stereocenters. The monoisotopic (exact) mass is 271 g/mol. The Balaban J connectivity index is 1.78. The molecule has 0 radical (unpaired) electrons. The Morgan fingerprint density at radius 3 is 2.30 bits per heavy atom. The van der Waals surface area contributed by atoms with Crippen molar-refractivity contribution in [1.82, 2.24) is 0 Å². The molecule has 0 saturated heterocycles. The van der Waals surface area contributed by atoms with Crippen molar-refractivity contribution in [1.29, 1.82) is 0 Å². The van der Waals surface area contributed by atoms with Crippen molar-refractivity contribution in [3.05, 3.63) is 42.0 Å². The van der Waals surface area contributed by atoms with Crippen LogP contribution >= 0.6 is 0 Å². The van der Waals surface area contributed by atoms with Gasteiger partial charge in [0.1, 0.15) is 0 Å². The van der Waals surface area contributed by atoms with E-state index in [2.05, 4.69) is 5.32 Å². The average Bonchev–Trinajstić information content (AvgIpc) is 3.01. The molecular weight excluding hydrogens is 254 g/mol. The second kappa shape index (κ2) is 4.78. The Morgan fingerprint density at radius 1 is 1.10 bits per heavy atom. The van der Waals surface area contributed by atoms with Crippen LogP contribution in [-0.2, 0) is 9.59 Å². The Kier molecular flexibility index (Phi) is 3.08. The summed E-state index contributed by atoms with van der Waals surface area (Å²) in [4.78, 5) is 23.8. The first-order chi connectivity index (χ1) is 9.56. The molecule has 0 aromatic heterocycles. The second-order valence-electron chi connectivity index (χ2n) is 5.69. The number of carboxylic acid groups (broad SMARTS) is 1. The van der Waals surface area contributed by atoms with Crippen LogP contribution in [0.25, 0.3) is 0 Å². The number of benzene rings is 1. The number of nitrogens with one attached hydrogen (secondary N) is 1. The van der Waals surface area contributed by atoms with Crippen LogP contribution in [0.2, 0.25) is 0 Å². The van der Waals surface area contributed by atoms with Crippen LogP contribution in [0, 0.1) is 30.6 Å². The minimum atomic E-state index is -0.870. The van der Waals surface area contributed by atoms with E-state index >= 15 is 0 Å². The molecule has 2 N–H and O–H groups in total. The molecule has 0 aliphatic heterocycles. The highest BCUT2D eigenvalue weighted by molar-refractivity contribution is 5.96. The summed E-state index contributed by atoms with van der Waals surface area (Å²) in [6, 6.07) is 7.52. The predicted octanol–water partition coefficient (Wildman–Crippen LogP) is 2.46. The molecule has 1 fully saturated rings. The lowest BCUT2D eigenvalue weighted by Crippen LogP contribution is -2.36. The van der Waals surface area contributed by atoms with E-state index in [-0.39, 0.29) is 17.7 Å². The largest absolute Gasteiger partial charge is 0.481 e. The molecule has 4 heteroatoms. The zero-order valence-corrected chi connectivity index (χ0v) is 11.2. The second-order valence-corrected chi connectivity index (χ2v) is 5.69. The summed E-state index contributed by atoms with van der Waals surface area (Å²) in [6.07, 6.45) is 4.71. The third-order valence-electron chi connectivity index (χ3n) is 4.37. The third-order valence-corrected chi connectivity index (χ3v) is 4.37. The SMILES string of the molecule is Cc1ccc(NC(=O)[C@@H]2[C@@H](C(=O)O)[C@H]3C=C[C@@H]2C3)cc1. The quantitative estimate of drug-likeness (QED) is 0.830. The van der Waals surface area contributed by atoms with Gasteiger partial charge in [0, 0.05) is 5.69 Å². The van der Waals surface area contributed by atoms with Gasteiger partial charge in [-0.2, -0.15) is 0 Å². The van der Waals surface area contributed by atoms with Gasteiger partial charge in [0.25, 0.3) is 0 Å². The minimum absolute atomic E-state index is 0.00580. The lowest BCUT2D eigenvalue weighted by molar-refractivity contribution is -0.146. The summed E-state index contributed by atoms with van der Waals surface area (Å²) in [7, 11) is 0. The number of hydrogen-bond donors (Lipinski definition) is 2. The zero-order chi connectivity index (χ0) is 14.3. The molecule has 20 heavy (non-hydrogen) atoms. The Labute approximate surface area is 117 Å². The van der Waals surface area contributed by atoms with Crippen molar-refractivity contribution in [2.24, 2.45) is 23.7 Å². The molecular formula is C16H17NO3. The maximum atomic E-state index is 12.4. The molecule has 1 amide bonds. The highest BCUT2D eigenvalue weighted by atomic mass is 16.4. The summed E-state index contributed by atoms with van der Waals surface area (Å²) in [5.41, 5.74) is 1.84. The Morgan fingerprint density at radius 2 is 1.70 bits per heavy atom. The van der Waals surface area contributed by atoms with Crippen molar-refractivity contribution in [2.75, 3.05) is 5.32 Å². The highest BCUT2D eigenvalue weighted by Gasteiger charge is 2.51. The molecule has 2 bridgehead atoms. The standard InChI is InChI=1S/C16H17NO3/c1-9-2-6-12(7-3-9)17-15(18)13-10-4-5-11(8-10)14(13)16(19)20/h2-7,10-11,13-14H,8H2,1H3,(H,17,18)(H,19,20)/t10-,11+,13+,14+/m1/s1.